The molecular weight excluding hydrogens is 604 g/mol. The lowest BCUT2D eigenvalue weighted by atomic mass is 10.1. The highest BCUT2D eigenvalue weighted by Gasteiger charge is 2.23. The Hall–Kier alpha value is -5.28. The molecule has 3 N–H and O–H groups in total. The fraction of sp³-hybridized carbons (Fsp3) is 0.0938. The Labute approximate surface area is 259 Å². The molecule has 2 aromatic carbocycles. The van der Waals surface area contributed by atoms with Crippen molar-refractivity contribution in [1.29, 1.82) is 0 Å². The summed E-state index contributed by atoms with van der Waals surface area (Å²) in [6.45, 7) is -0.673. The van der Waals surface area contributed by atoms with Gasteiger partial charge in [-0.3, -0.25) is 19.0 Å². The van der Waals surface area contributed by atoms with E-state index in [-0.39, 0.29) is 34.9 Å². The zero-order valence-corrected chi connectivity index (χ0v) is 24.4. The number of Topliss-reactive ketones (excluding diaryl/α,β-unsaturated/α-hetero) is 1. The molecule has 5 aromatic rings. The van der Waals surface area contributed by atoms with Gasteiger partial charge in [-0.2, -0.15) is 9.78 Å². The lowest BCUT2D eigenvalue weighted by Crippen LogP contribution is -2.29. The Morgan fingerprint density at radius 1 is 0.955 bits per heavy atom. The number of halogens is 1. The Morgan fingerprint density at radius 3 is 2.36 bits per heavy atom. The molecule has 0 amide bonds. The van der Waals surface area contributed by atoms with Gasteiger partial charge in [0.2, 0.25) is 0 Å². The molecule has 3 heterocycles. The number of thiophene rings is 1. The maximum Gasteiger partial charge on any atom is 0.374 e. The molecule has 0 spiro atoms. The molecule has 0 unspecified atom stereocenters. The number of anilines is 1. The van der Waals surface area contributed by atoms with Gasteiger partial charge in [0, 0.05) is 28.1 Å². The summed E-state index contributed by atoms with van der Waals surface area (Å²) in [5.41, 5.74) is 1.38. The van der Waals surface area contributed by atoms with E-state index in [0.717, 1.165) is 14.1 Å². The number of nitrogens with one attached hydrogen (secondary N) is 1. The number of aromatic nitrogens is 3. The standard InChI is InChI=1S/C32H23ClN4O6S/c33-27-14-13-24(44-27)17-34-28-16-25(35-37(28)31(41)23-10-7-21(19-38)8-11-23)30-22(9-6-20-4-2-1-3-5-20)12-15-29(40)36(30)18-26(39)32(42)43/h1-5,7-8,10-16,34,38H,17-19H2,(H,42,43). The minimum absolute atomic E-state index is 0.0694. The van der Waals surface area contributed by atoms with Crippen molar-refractivity contribution in [1.82, 2.24) is 14.3 Å². The fourth-order valence-corrected chi connectivity index (χ4v) is 5.29. The Kier molecular flexibility index (Phi) is 9.16. The van der Waals surface area contributed by atoms with E-state index in [1.165, 1.54) is 29.5 Å². The number of hydrogen-bond acceptors (Lipinski definition) is 8. The van der Waals surface area contributed by atoms with Crippen molar-refractivity contribution in [2.75, 3.05) is 5.32 Å². The number of aliphatic carboxylic acids is 1. The predicted octanol–water partition coefficient (Wildman–Crippen LogP) is 4.27. The number of aliphatic hydroxyl groups excluding tert-OH is 1. The first-order chi connectivity index (χ1) is 21.2. The number of ketones is 1. The van der Waals surface area contributed by atoms with Gasteiger partial charge in [0.1, 0.15) is 11.5 Å². The van der Waals surface area contributed by atoms with Crippen LogP contribution in [-0.4, -0.2) is 42.2 Å². The third kappa shape index (κ3) is 6.85. The Balaban J connectivity index is 1.67. The quantitative estimate of drug-likeness (QED) is 0.163. The van der Waals surface area contributed by atoms with Crippen LogP contribution in [0.5, 0.6) is 0 Å². The van der Waals surface area contributed by atoms with E-state index in [9.17, 15) is 29.4 Å². The van der Waals surface area contributed by atoms with Crippen LogP contribution in [0, 0.1) is 11.8 Å². The van der Waals surface area contributed by atoms with Crippen molar-refractivity contribution in [3.05, 3.63) is 127 Å². The van der Waals surface area contributed by atoms with E-state index >= 15 is 0 Å². The van der Waals surface area contributed by atoms with Gasteiger partial charge in [0.25, 0.3) is 17.2 Å². The smallest absolute Gasteiger partial charge is 0.374 e. The van der Waals surface area contributed by atoms with E-state index in [4.69, 9.17) is 11.6 Å². The van der Waals surface area contributed by atoms with Crippen LogP contribution in [0.2, 0.25) is 4.34 Å². The van der Waals surface area contributed by atoms with Gasteiger partial charge in [-0.25, -0.2) is 4.79 Å². The summed E-state index contributed by atoms with van der Waals surface area (Å²) in [6, 6.07) is 23.2. The first kappa shape index (κ1) is 30.2. The van der Waals surface area contributed by atoms with Crippen molar-refractivity contribution < 1.29 is 24.6 Å². The van der Waals surface area contributed by atoms with Crippen LogP contribution < -0.4 is 10.9 Å². The lowest BCUT2D eigenvalue weighted by Gasteiger charge is -2.11. The Morgan fingerprint density at radius 2 is 1.70 bits per heavy atom. The Bertz CT molecular complexity index is 1980. The first-order valence-electron chi connectivity index (χ1n) is 13.1. The monoisotopic (exact) mass is 626 g/mol. The first-order valence-corrected chi connectivity index (χ1v) is 14.3. The van der Waals surface area contributed by atoms with Gasteiger partial charge in [-0.05, 0) is 48.0 Å². The second-order valence-electron chi connectivity index (χ2n) is 9.41. The number of hydrogen-bond donors (Lipinski definition) is 3. The van der Waals surface area contributed by atoms with Gasteiger partial charge in [-0.1, -0.05) is 53.8 Å². The van der Waals surface area contributed by atoms with Crippen molar-refractivity contribution in [3.63, 3.8) is 0 Å². The number of benzene rings is 2. The number of carboxylic acid groups (broad SMARTS) is 1. The molecule has 0 radical (unpaired) electrons. The second kappa shape index (κ2) is 13.4. The van der Waals surface area contributed by atoms with E-state index in [0.29, 0.717) is 22.0 Å². The number of carbonyl (C=O) groups excluding carboxylic acids is 2. The molecule has 3 aromatic heterocycles. The molecule has 0 saturated heterocycles. The molecule has 0 saturated carbocycles. The molecule has 5 rings (SSSR count). The van der Waals surface area contributed by atoms with Crippen molar-refractivity contribution in [2.24, 2.45) is 0 Å². The molecule has 0 aliphatic heterocycles. The maximum atomic E-state index is 13.7. The van der Waals surface area contributed by atoms with E-state index < -0.39 is 29.8 Å². The van der Waals surface area contributed by atoms with Gasteiger partial charge >= 0.3 is 5.97 Å². The molecule has 0 bridgehead atoms. The topological polar surface area (TPSA) is 144 Å². The number of nitrogens with zero attached hydrogens (tertiary/aromatic N) is 3. The van der Waals surface area contributed by atoms with Crippen LogP contribution in [0.1, 0.15) is 31.9 Å². The van der Waals surface area contributed by atoms with Crippen molar-refractivity contribution in [3.8, 4) is 23.2 Å². The minimum atomic E-state index is -1.70. The largest absolute Gasteiger partial charge is 0.475 e. The molecule has 220 valence electrons. The van der Waals surface area contributed by atoms with Crippen LogP contribution in [0.4, 0.5) is 5.82 Å². The average Bonchev–Trinajstić information content (AvgIpc) is 3.66. The zero-order valence-electron chi connectivity index (χ0n) is 22.9. The van der Waals surface area contributed by atoms with Crippen molar-refractivity contribution in [2.45, 2.75) is 19.7 Å². The number of aliphatic hydroxyl groups is 1. The SMILES string of the molecule is O=C(O)C(=O)Cn1c(-c2cc(NCc3ccc(Cl)s3)n(C(=O)c3ccc(CO)cc3)n2)c(C#Cc2ccccc2)ccc1=O. The molecule has 0 atom stereocenters. The van der Waals surface area contributed by atoms with E-state index in [1.54, 1.807) is 42.5 Å². The number of carbonyl (C=O) groups is 3. The third-order valence-electron chi connectivity index (χ3n) is 6.44. The third-order valence-corrected chi connectivity index (χ3v) is 7.67. The summed E-state index contributed by atoms with van der Waals surface area (Å²) in [4.78, 5) is 51.4. The summed E-state index contributed by atoms with van der Waals surface area (Å²) in [5.74, 6) is 2.84. The van der Waals surface area contributed by atoms with Crippen LogP contribution in [0.3, 0.4) is 0 Å². The highest BCUT2D eigenvalue weighted by molar-refractivity contribution is 7.16. The van der Waals surface area contributed by atoms with Gasteiger partial charge < -0.3 is 15.5 Å². The normalized spacial score (nSPS) is 10.6. The zero-order chi connectivity index (χ0) is 31.2. The predicted molar refractivity (Wildman–Crippen MR) is 166 cm³/mol. The highest BCUT2D eigenvalue weighted by atomic mass is 35.5. The summed E-state index contributed by atoms with van der Waals surface area (Å²) in [6.07, 6.45) is 0. The molecule has 10 nitrogen and oxygen atoms in total. The second-order valence-corrected chi connectivity index (χ2v) is 11.2. The minimum Gasteiger partial charge on any atom is -0.475 e. The van der Waals surface area contributed by atoms with Crippen LogP contribution in [0.25, 0.3) is 11.4 Å². The number of rotatable bonds is 9. The van der Waals surface area contributed by atoms with Gasteiger partial charge in [-0.15, -0.1) is 11.3 Å². The van der Waals surface area contributed by atoms with Crippen LogP contribution in [-0.2, 0) is 29.3 Å². The lowest BCUT2D eigenvalue weighted by molar-refractivity contribution is -0.149. The maximum absolute atomic E-state index is 13.7. The molecule has 0 aliphatic carbocycles. The molecule has 44 heavy (non-hydrogen) atoms. The molecular formula is C32H23ClN4O6S. The van der Waals surface area contributed by atoms with E-state index in [2.05, 4.69) is 22.3 Å². The van der Waals surface area contributed by atoms with Gasteiger partial charge in [0.15, 0.2) is 0 Å². The van der Waals surface area contributed by atoms with Crippen LogP contribution >= 0.6 is 22.9 Å². The summed E-state index contributed by atoms with van der Waals surface area (Å²) >= 11 is 7.44. The van der Waals surface area contributed by atoms with Crippen LogP contribution in [0.15, 0.2) is 89.7 Å². The summed E-state index contributed by atoms with van der Waals surface area (Å²) in [5, 5.41) is 26.4. The molecule has 0 fully saturated rings. The number of pyridine rings is 1. The highest BCUT2D eigenvalue weighted by Crippen LogP contribution is 2.27. The van der Waals surface area contributed by atoms with Crippen molar-refractivity contribution >= 4 is 46.4 Å². The molecule has 12 heteroatoms. The molecule has 0 aliphatic rings. The fourth-order valence-electron chi connectivity index (χ4n) is 4.26. The summed E-state index contributed by atoms with van der Waals surface area (Å²) < 4.78 is 2.70. The number of carboxylic acids is 1. The van der Waals surface area contributed by atoms with E-state index in [1.807, 2.05) is 24.3 Å². The summed E-state index contributed by atoms with van der Waals surface area (Å²) in [7, 11) is 0. The average molecular weight is 627 g/mol. The van der Waals surface area contributed by atoms with Gasteiger partial charge in [0.05, 0.1) is 35.3 Å².